The van der Waals surface area contributed by atoms with Crippen LogP contribution >= 0.6 is 0 Å². The topological polar surface area (TPSA) is 15.3 Å². The van der Waals surface area contributed by atoms with E-state index in [0.29, 0.717) is 0 Å². The fraction of sp³-hybridized carbons (Fsp3) is 1.00. The highest BCUT2D eigenvalue weighted by atomic mass is 15.2. The van der Waals surface area contributed by atoms with Crippen molar-refractivity contribution in [3.8, 4) is 0 Å². The maximum Gasteiger partial charge on any atom is 0.0217 e. The molecule has 0 aromatic rings. The Bertz CT molecular complexity index is 193. The summed E-state index contributed by atoms with van der Waals surface area (Å²) in [6.07, 6.45) is 8.48. The molecular weight excluding hydrogens is 184 g/mol. The van der Waals surface area contributed by atoms with E-state index in [1.165, 1.54) is 51.6 Å². The lowest BCUT2D eigenvalue weighted by Crippen LogP contribution is -2.46. The molecule has 2 aliphatic rings. The van der Waals surface area contributed by atoms with Gasteiger partial charge in [-0.15, -0.1) is 0 Å². The highest BCUT2D eigenvalue weighted by Crippen LogP contribution is 2.25. The number of likely N-dealkylation sites (tertiary alicyclic amines) is 1. The maximum absolute atomic E-state index is 3.79. The number of likely N-dealkylation sites (N-methyl/N-ethyl adjacent to an activating group) is 1. The van der Waals surface area contributed by atoms with Crippen molar-refractivity contribution >= 4 is 0 Å². The monoisotopic (exact) mass is 210 g/mol. The summed E-state index contributed by atoms with van der Waals surface area (Å²) in [4.78, 5) is 2.54. The molecule has 0 bridgehead atoms. The van der Waals surface area contributed by atoms with E-state index in [0.717, 1.165) is 18.0 Å². The average molecular weight is 210 g/mol. The Morgan fingerprint density at radius 2 is 2.00 bits per heavy atom. The van der Waals surface area contributed by atoms with E-state index >= 15 is 0 Å². The minimum absolute atomic E-state index is 0.798. The molecule has 1 aliphatic carbocycles. The molecule has 0 aromatic heterocycles. The van der Waals surface area contributed by atoms with Crippen LogP contribution in [-0.4, -0.2) is 37.1 Å². The van der Waals surface area contributed by atoms with Crippen molar-refractivity contribution in [2.75, 3.05) is 20.1 Å². The van der Waals surface area contributed by atoms with Crippen molar-refractivity contribution in [3.05, 3.63) is 0 Å². The van der Waals surface area contributed by atoms with E-state index in [-0.39, 0.29) is 0 Å². The number of hydrogen-bond donors (Lipinski definition) is 1. The SMILES string of the molecule is CC1CCCC1NCC1CCCCN1C. The fourth-order valence-electron chi connectivity index (χ4n) is 3.14. The van der Waals surface area contributed by atoms with Crippen LogP contribution in [0.5, 0.6) is 0 Å². The summed E-state index contributed by atoms with van der Waals surface area (Å²) >= 11 is 0. The molecule has 1 saturated carbocycles. The first-order chi connectivity index (χ1) is 7.27. The summed E-state index contributed by atoms with van der Waals surface area (Å²) in [5, 5.41) is 3.79. The lowest BCUT2D eigenvalue weighted by molar-refractivity contribution is 0.175. The minimum Gasteiger partial charge on any atom is -0.312 e. The van der Waals surface area contributed by atoms with Gasteiger partial charge in [0.25, 0.3) is 0 Å². The third kappa shape index (κ3) is 2.94. The molecule has 2 fully saturated rings. The van der Waals surface area contributed by atoms with E-state index in [2.05, 4.69) is 24.2 Å². The maximum atomic E-state index is 3.79. The number of rotatable bonds is 3. The first-order valence-corrected chi connectivity index (χ1v) is 6.71. The predicted molar refractivity (Wildman–Crippen MR) is 65.1 cm³/mol. The summed E-state index contributed by atoms with van der Waals surface area (Å²) in [5.74, 6) is 0.902. The summed E-state index contributed by atoms with van der Waals surface area (Å²) < 4.78 is 0. The molecule has 2 rings (SSSR count). The van der Waals surface area contributed by atoms with Crippen molar-refractivity contribution in [1.82, 2.24) is 10.2 Å². The van der Waals surface area contributed by atoms with Gasteiger partial charge in [0, 0.05) is 18.6 Å². The van der Waals surface area contributed by atoms with Crippen LogP contribution in [0, 0.1) is 5.92 Å². The molecule has 0 amide bonds. The predicted octanol–water partition coefficient (Wildman–Crippen LogP) is 2.25. The molecule has 2 heteroatoms. The third-order valence-electron chi connectivity index (χ3n) is 4.40. The van der Waals surface area contributed by atoms with Gasteiger partial charge in [-0.3, -0.25) is 0 Å². The zero-order valence-corrected chi connectivity index (χ0v) is 10.3. The molecular formula is C13H26N2. The van der Waals surface area contributed by atoms with Crippen molar-refractivity contribution in [1.29, 1.82) is 0 Å². The Labute approximate surface area is 94.4 Å². The van der Waals surface area contributed by atoms with Gasteiger partial charge < -0.3 is 10.2 Å². The number of hydrogen-bond acceptors (Lipinski definition) is 2. The zero-order chi connectivity index (χ0) is 10.7. The molecule has 0 spiro atoms. The van der Waals surface area contributed by atoms with Gasteiger partial charge in [-0.2, -0.15) is 0 Å². The van der Waals surface area contributed by atoms with Gasteiger partial charge in [-0.1, -0.05) is 19.8 Å². The van der Waals surface area contributed by atoms with Gasteiger partial charge >= 0.3 is 0 Å². The van der Waals surface area contributed by atoms with Crippen molar-refractivity contribution in [2.45, 2.75) is 57.5 Å². The first-order valence-electron chi connectivity index (χ1n) is 6.71. The van der Waals surface area contributed by atoms with E-state index in [4.69, 9.17) is 0 Å². The van der Waals surface area contributed by atoms with Crippen LogP contribution in [0.15, 0.2) is 0 Å². The number of nitrogens with one attached hydrogen (secondary N) is 1. The summed E-state index contributed by atoms with van der Waals surface area (Å²) in [5.41, 5.74) is 0. The van der Waals surface area contributed by atoms with Crippen LogP contribution in [0.4, 0.5) is 0 Å². The van der Waals surface area contributed by atoms with Gasteiger partial charge in [0.1, 0.15) is 0 Å². The smallest absolute Gasteiger partial charge is 0.0217 e. The molecule has 1 aliphatic heterocycles. The molecule has 1 N–H and O–H groups in total. The van der Waals surface area contributed by atoms with Gasteiger partial charge in [0.2, 0.25) is 0 Å². The van der Waals surface area contributed by atoms with Gasteiger partial charge in [0.15, 0.2) is 0 Å². The molecule has 3 unspecified atom stereocenters. The molecule has 88 valence electrons. The van der Waals surface area contributed by atoms with Crippen LogP contribution in [0.1, 0.15) is 45.4 Å². The Morgan fingerprint density at radius 3 is 2.67 bits per heavy atom. The van der Waals surface area contributed by atoms with Crippen molar-refractivity contribution in [3.63, 3.8) is 0 Å². The van der Waals surface area contributed by atoms with E-state index < -0.39 is 0 Å². The molecule has 1 heterocycles. The second kappa shape index (κ2) is 5.31. The standard InChI is InChI=1S/C13H26N2/c1-11-6-5-8-13(11)14-10-12-7-3-4-9-15(12)2/h11-14H,3-10H2,1-2H3. The Kier molecular flexibility index (Phi) is 4.04. The van der Waals surface area contributed by atoms with Crippen molar-refractivity contribution < 1.29 is 0 Å². The minimum atomic E-state index is 0.798. The van der Waals surface area contributed by atoms with Crippen LogP contribution in [0.3, 0.4) is 0 Å². The quantitative estimate of drug-likeness (QED) is 0.768. The molecule has 0 aromatic carbocycles. The highest BCUT2D eigenvalue weighted by Gasteiger charge is 2.25. The van der Waals surface area contributed by atoms with E-state index in [1.807, 2.05) is 0 Å². The first kappa shape index (κ1) is 11.4. The second-order valence-corrected chi connectivity index (χ2v) is 5.55. The highest BCUT2D eigenvalue weighted by molar-refractivity contribution is 4.83. The third-order valence-corrected chi connectivity index (χ3v) is 4.40. The molecule has 2 nitrogen and oxygen atoms in total. The van der Waals surface area contributed by atoms with Crippen molar-refractivity contribution in [2.24, 2.45) is 5.92 Å². The molecule has 0 radical (unpaired) electrons. The lowest BCUT2D eigenvalue weighted by atomic mass is 10.0. The van der Waals surface area contributed by atoms with Crippen LogP contribution < -0.4 is 5.32 Å². The molecule has 1 saturated heterocycles. The number of piperidine rings is 1. The van der Waals surface area contributed by atoms with Crippen LogP contribution in [0.25, 0.3) is 0 Å². The summed E-state index contributed by atoms with van der Waals surface area (Å²) in [6.45, 7) is 4.91. The Balaban J connectivity index is 1.72. The Hall–Kier alpha value is -0.0800. The van der Waals surface area contributed by atoms with E-state index in [1.54, 1.807) is 0 Å². The van der Waals surface area contributed by atoms with Gasteiger partial charge in [-0.25, -0.2) is 0 Å². The molecule has 3 atom stereocenters. The summed E-state index contributed by atoms with van der Waals surface area (Å²) in [7, 11) is 2.28. The number of nitrogens with zero attached hydrogens (tertiary/aromatic N) is 1. The van der Waals surface area contributed by atoms with Crippen LogP contribution in [0.2, 0.25) is 0 Å². The Morgan fingerprint density at radius 1 is 1.13 bits per heavy atom. The second-order valence-electron chi connectivity index (χ2n) is 5.55. The zero-order valence-electron chi connectivity index (χ0n) is 10.3. The van der Waals surface area contributed by atoms with E-state index in [9.17, 15) is 0 Å². The largest absolute Gasteiger partial charge is 0.312 e. The lowest BCUT2D eigenvalue weighted by Gasteiger charge is -2.34. The van der Waals surface area contributed by atoms with Crippen LogP contribution in [-0.2, 0) is 0 Å². The van der Waals surface area contributed by atoms with Gasteiger partial charge in [-0.05, 0) is 45.2 Å². The average Bonchev–Trinajstić information content (AvgIpc) is 2.63. The molecule has 15 heavy (non-hydrogen) atoms. The fourth-order valence-corrected chi connectivity index (χ4v) is 3.14. The van der Waals surface area contributed by atoms with Gasteiger partial charge in [0.05, 0.1) is 0 Å². The normalized spacial score (nSPS) is 38.4. The summed E-state index contributed by atoms with van der Waals surface area (Å²) in [6, 6.07) is 1.60.